The van der Waals surface area contributed by atoms with Crippen LogP contribution in [0.4, 0.5) is 0 Å². The maximum Gasteiger partial charge on any atom is 0.122 e. The van der Waals surface area contributed by atoms with E-state index in [0.717, 1.165) is 25.3 Å². The number of hydrogen-bond acceptors (Lipinski definition) is 3. The van der Waals surface area contributed by atoms with Crippen LogP contribution in [0, 0.1) is 0 Å². The maximum atomic E-state index is 6.25. The summed E-state index contributed by atoms with van der Waals surface area (Å²) in [7, 11) is 0. The molecular formula is C14H26N2O. The molecule has 2 N–H and O–H groups in total. The topological polar surface area (TPSA) is 42.4 Å². The molecule has 0 spiro atoms. The fourth-order valence-corrected chi connectivity index (χ4v) is 2.20. The summed E-state index contributed by atoms with van der Waals surface area (Å²) in [5.74, 6) is 0.998. The van der Waals surface area contributed by atoms with Gasteiger partial charge in [-0.2, -0.15) is 0 Å². The van der Waals surface area contributed by atoms with Crippen molar-refractivity contribution in [3.63, 3.8) is 0 Å². The average molecular weight is 238 g/mol. The molecule has 0 radical (unpaired) electrons. The highest BCUT2D eigenvalue weighted by molar-refractivity contribution is 5.07. The maximum absolute atomic E-state index is 6.25. The molecule has 0 saturated carbocycles. The molecule has 1 rings (SSSR count). The zero-order valence-electron chi connectivity index (χ0n) is 11.4. The van der Waals surface area contributed by atoms with Gasteiger partial charge in [0, 0.05) is 6.04 Å². The highest BCUT2D eigenvalue weighted by Gasteiger charge is 2.26. The molecule has 17 heavy (non-hydrogen) atoms. The van der Waals surface area contributed by atoms with Gasteiger partial charge >= 0.3 is 0 Å². The van der Waals surface area contributed by atoms with Crippen molar-refractivity contribution in [2.24, 2.45) is 5.73 Å². The molecule has 0 amide bonds. The first kappa shape index (κ1) is 14.3. The lowest BCUT2D eigenvalue weighted by Crippen LogP contribution is -2.41. The average Bonchev–Trinajstić information content (AvgIpc) is 2.87. The quantitative estimate of drug-likeness (QED) is 0.756. The van der Waals surface area contributed by atoms with Crippen molar-refractivity contribution in [2.45, 2.75) is 52.1 Å². The minimum Gasteiger partial charge on any atom is -0.468 e. The van der Waals surface area contributed by atoms with Crippen molar-refractivity contribution in [1.82, 2.24) is 4.90 Å². The fraction of sp³-hybridized carbons (Fsp3) is 0.714. The second-order valence-corrected chi connectivity index (χ2v) is 4.51. The van der Waals surface area contributed by atoms with Gasteiger partial charge in [-0.05, 0) is 38.1 Å². The summed E-state index contributed by atoms with van der Waals surface area (Å²) in [5.41, 5.74) is 6.25. The van der Waals surface area contributed by atoms with Crippen LogP contribution in [0.1, 0.15) is 51.8 Å². The van der Waals surface area contributed by atoms with E-state index in [1.165, 1.54) is 12.8 Å². The number of likely N-dealkylation sites (N-methyl/N-ethyl adjacent to an activating group) is 1. The van der Waals surface area contributed by atoms with Crippen molar-refractivity contribution in [3.8, 4) is 0 Å². The van der Waals surface area contributed by atoms with Crippen molar-refractivity contribution in [2.75, 3.05) is 13.1 Å². The molecule has 0 aliphatic carbocycles. The van der Waals surface area contributed by atoms with E-state index in [1.54, 1.807) is 6.26 Å². The van der Waals surface area contributed by atoms with Crippen LogP contribution in [0.25, 0.3) is 0 Å². The largest absolute Gasteiger partial charge is 0.468 e. The van der Waals surface area contributed by atoms with E-state index in [0.29, 0.717) is 0 Å². The highest BCUT2D eigenvalue weighted by atomic mass is 16.3. The van der Waals surface area contributed by atoms with Gasteiger partial charge in [0.05, 0.1) is 12.3 Å². The predicted octanol–water partition coefficient (Wildman–Crippen LogP) is 3.18. The standard InChI is InChI=1S/C14H26N2O/c1-4-7-10-16(6-3)14(12(15)5-2)13-9-8-11-17-13/h8-9,11-12,14H,4-7,10,15H2,1-3H3. The van der Waals surface area contributed by atoms with Gasteiger partial charge in [0.25, 0.3) is 0 Å². The first-order chi connectivity index (χ1) is 8.24. The zero-order valence-corrected chi connectivity index (χ0v) is 11.4. The van der Waals surface area contributed by atoms with Gasteiger partial charge in [0.15, 0.2) is 0 Å². The Balaban J connectivity index is 2.80. The molecule has 0 bridgehead atoms. The molecule has 1 heterocycles. The first-order valence-electron chi connectivity index (χ1n) is 6.77. The zero-order chi connectivity index (χ0) is 12.7. The van der Waals surface area contributed by atoms with Crippen LogP contribution < -0.4 is 5.73 Å². The fourth-order valence-electron chi connectivity index (χ4n) is 2.20. The summed E-state index contributed by atoms with van der Waals surface area (Å²) in [4.78, 5) is 2.43. The SMILES string of the molecule is CCCCN(CC)C(c1ccco1)C(N)CC. The highest BCUT2D eigenvalue weighted by Crippen LogP contribution is 2.25. The van der Waals surface area contributed by atoms with Crippen LogP contribution in [0.3, 0.4) is 0 Å². The van der Waals surface area contributed by atoms with Gasteiger partial charge < -0.3 is 10.2 Å². The molecule has 3 nitrogen and oxygen atoms in total. The van der Waals surface area contributed by atoms with Gasteiger partial charge in [-0.25, -0.2) is 0 Å². The van der Waals surface area contributed by atoms with E-state index in [9.17, 15) is 0 Å². The van der Waals surface area contributed by atoms with Gasteiger partial charge in [-0.1, -0.05) is 27.2 Å². The Morgan fingerprint density at radius 1 is 1.35 bits per heavy atom. The molecule has 3 heteroatoms. The van der Waals surface area contributed by atoms with Crippen LogP contribution in [0.15, 0.2) is 22.8 Å². The Morgan fingerprint density at radius 2 is 2.12 bits per heavy atom. The van der Waals surface area contributed by atoms with E-state index in [-0.39, 0.29) is 12.1 Å². The van der Waals surface area contributed by atoms with E-state index in [1.807, 2.05) is 12.1 Å². The molecular weight excluding hydrogens is 212 g/mol. The predicted molar refractivity (Wildman–Crippen MR) is 71.9 cm³/mol. The summed E-state index contributed by atoms with van der Waals surface area (Å²) in [6.07, 6.45) is 5.12. The molecule has 0 aliphatic rings. The summed E-state index contributed by atoms with van der Waals surface area (Å²) in [5, 5.41) is 0. The molecule has 98 valence electrons. The van der Waals surface area contributed by atoms with E-state index < -0.39 is 0 Å². The van der Waals surface area contributed by atoms with Crippen LogP contribution in [-0.4, -0.2) is 24.0 Å². The van der Waals surface area contributed by atoms with Crippen molar-refractivity contribution < 1.29 is 4.42 Å². The molecule has 1 aromatic heterocycles. The Bertz CT molecular complexity index is 284. The molecule has 2 unspecified atom stereocenters. The Hall–Kier alpha value is -0.800. The van der Waals surface area contributed by atoms with Gasteiger partial charge in [0.1, 0.15) is 5.76 Å². The Kier molecular flexibility index (Phi) is 6.30. The number of unbranched alkanes of at least 4 members (excludes halogenated alkanes) is 1. The summed E-state index contributed by atoms with van der Waals surface area (Å²) in [6.45, 7) is 8.64. The molecule has 0 fully saturated rings. The molecule has 0 aliphatic heterocycles. The smallest absolute Gasteiger partial charge is 0.122 e. The number of hydrogen-bond donors (Lipinski definition) is 1. The minimum absolute atomic E-state index is 0.137. The first-order valence-corrected chi connectivity index (χ1v) is 6.77. The molecule has 0 saturated heterocycles. The van der Waals surface area contributed by atoms with Gasteiger partial charge in [0.2, 0.25) is 0 Å². The Morgan fingerprint density at radius 3 is 2.59 bits per heavy atom. The lowest BCUT2D eigenvalue weighted by Gasteiger charge is -2.33. The van der Waals surface area contributed by atoms with Crippen LogP contribution in [-0.2, 0) is 0 Å². The van der Waals surface area contributed by atoms with Crippen molar-refractivity contribution >= 4 is 0 Å². The van der Waals surface area contributed by atoms with Crippen molar-refractivity contribution in [1.29, 1.82) is 0 Å². The molecule has 1 aromatic rings. The third kappa shape index (κ3) is 3.86. The normalized spacial score (nSPS) is 15.1. The van der Waals surface area contributed by atoms with E-state index >= 15 is 0 Å². The van der Waals surface area contributed by atoms with E-state index in [2.05, 4.69) is 25.7 Å². The second-order valence-electron chi connectivity index (χ2n) is 4.51. The van der Waals surface area contributed by atoms with E-state index in [4.69, 9.17) is 10.2 Å². The minimum atomic E-state index is 0.137. The summed E-state index contributed by atoms with van der Waals surface area (Å²) < 4.78 is 5.56. The Labute approximate surface area is 105 Å². The van der Waals surface area contributed by atoms with Crippen LogP contribution in [0.2, 0.25) is 0 Å². The number of nitrogens with two attached hydrogens (primary N) is 1. The number of nitrogens with zero attached hydrogens (tertiary/aromatic N) is 1. The lowest BCUT2D eigenvalue weighted by atomic mass is 10.0. The van der Waals surface area contributed by atoms with Crippen LogP contribution in [0.5, 0.6) is 0 Å². The molecule has 2 atom stereocenters. The van der Waals surface area contributed by atoms with Crippen LogP contribution >= 0.6 is 0 Å². The summed E-state index contributed by atoms with van der Waals surface area (Å²) in [6, 6.07) is 4.33. The lowest BCUT2D eigenvalue weighted by molar-refractivity contribution is 0.153. The monoisotopic (exact) mass is 238 g/mol. The third-order valence-electron chi connectivity index (χ3n) is 3.31. The van der Waals surface area contributed by atoms with Gasteiger partial charge in [-0.15, -0.1) is 0 Å². The number of furan rings is 1. The van der Waals surface area contributed by atoms with Crippen molar-refractivity contribution in [3.05, 3.63) is 24.2 Å². The molecule has 0 aromatic carbocycles. The summed E-state index contributed by atoms with van der Waals surface area (Å²) >= 11 is 0. The van der Waals surface area contributed by atoms with Gasteiger partial charge in [-0.3, -0.25) is 4.90 Å². The second kappa shape index (κ2) is 7.51. The third-order valence-corrected chi connectivity index (χ3v) is 3.31. The number of rotatable bonds is 8.